The summed E-state index contributed by atoms with van der Waals surface area (Å²) in [4.78, 5) is 48.7. The van der Waals surface area contributed by atoms with Crippen LogP contribution in [0.2, 0.25) is 0 Å². The standard InChI is InChI=1S/C29H32N2O9S/c1-19-9-15-22(16-10-19)41(37,38)31-17-5-8-25(31)26(32)30-24(27(33)34)18-21-13-11-20(12-14-21)6-4-7-23(28(35)39-2)29(36)40-3/h9-16,23-25H,5,7-8,17-18H2,1-3H3,(H,30,32)(H,33,34)/t24?,25-/m0/s1. The molecule has 3 rings (SSSR count). The molecule has 1 heterocycles. The number of ether oxygens (including phenoxy) is 2. The molecule has 0 radical (unpaired) electrons. The topological polar surface area (TPSA) is 156 Å². The van der Waals surface area contributed by atoms with E-state index < -0.39 is 51.8 Å². The number of nitrogens with zero attached hydrogens (tertiary/aromatic N) is 1. The second-order valence-corrected chi connectivity index (χ2v) is 11.4. The Bertz CT molecular complexity index is 1430. The molecule has 12 heteroatoms. The number of rotatable bonds is 10. The van der Waals surface area contributed by atoms with Gasteiger partial charge in [-0.05, 0) is 49.6 Å². The van der Waals surface area contributed by atoms with Crippen molar-refractivity contribution < 1.29 is 42.2 Å². The van der Waals surface area contributed by atoms with Crippen LogP contribution in [0.25, 0.3) is 0 Å². The molecule has 1 saturated heterocycles. The third-order valence-corrected chi connectivity index (χ3v) is 8.57. The molecule has 11 nitrogen and oxygen atoms in total. The van der Waals surface area contributed by atoms with Crippen LogP contribution in [0.5, 0.6) is 0 Å². The number of hydrogen-bond acceptors (Lipinski definition) is 8. The molecule has 218 valence electrons. The van der Waals surface area contributed by atoms with Crippen molar-refractivity contribution in [2.75, 3.05) is 20.8 Å². The minimum absolute atomic E-state index is 0.0427. The average molecular weight is 585 g/mol. The van der Waals surface area contributed by atoms with Gasteiger partial charge in [0.2, 0.25) is 15.9 Å². The lowest BCUT2D eigenvalue weighted by atomic mass is 10.0. The summed E-state index contributed by atoms with van der Waals surface area (Å²) < 4.78 is 36.7. The van der Waals surface area contributed by atoms with Crippen molar-refractivity contribution in [3.8, 4) is 11.8 Å². The lowest BCUT2D eigenvalue weighted by molar-refractivity contribution is -0.158. The van der Waals surface area contributed by atoms with E-state index in [2.05, 4.69) is 26.6 Å². The molecular weight excluding hydrogens is 552 g/mol. The van der Waals surface area contributed by atoms with E-state index in [0.717, 1.165) is 24.1 Å². The van der Waals surface area contributed by atoms with Gasteiger partial charge in [0.25, 0.3) is 0 Å². The number of benzene rings is 2. The number of sulfonamides is 1. The summed E-state index contributed by atoms with van der Waals surface area (Å²) in [6.07, 6.45) is 0.609. The molecule has 1 unspecified atom stereocenters. The highest BCUT2D eigenvalue weighted by Crippen LogP contribution is 2.26. The molecule has 1 aliphatic rings. The molecule has 1 amide bonds. The largest absolute Gasteiger partial charge is 0.480 e. The van der Waals surface area contributed by atoms with Crippen molar-refractivity contribution in [2.45, 2.75) is 49.6 Å². The maximum Gasteiger partial charge on any atom is 0.326 e. The molecule has 1 fully saturated rings. The van der Waals surface area contributed by atoms with Crippen molar-refractivity contribution in [1.29, 1.82) is 0 Å². The van der Waals surface area contributed by atoms with Gasteiger partial charge >= 0.3 is 17.9 Å². The Labute approximate surface area is 238 Å². The van der Waals surface area contributed by atoms with E-state index in [4.69, 9.17) is 0 Å². The van der Waals surface area contributed by atoms with Crippen LogP contribution in [0.3, 0.4) is 0 Å². The van der Waals surface area contributed by atoms with Crippen molar-refractivity contribution in [3.05, 3.63) is 65.2 Å². The number of carbonyl (C=O) groups excluding carboxylic acids is 3. The maximum absolute atomic E-state index is 13.2. The number of amides is 1. The lowest BCUT2D eigenvalue weighted by Gasteiger charge is -2.25. The Morgan fingerprint density at radius 2 is 1.63 bits per heavy atom. The fraction of sp³-hybridized carbons (Fsp3) is 0.379. The summed E-state index contributed by atoms with van der Waals surface area (Å²) in [5.74, 6) is 0.969. The number of carboxylic acids is 1. The van der Waals surface area contributed by atoms with Gasteiger partial charge in [-0.15, -0.1) is 0 Å². The number of nitrogens with one attached hydrogen (secondary N) is 1. The van der Waals surface area contributed by atoms with Gasteiger partial charge in [-0.1, -0.05) is 41.7 Å². The monoisotopic (exact) mass is 584 g/mol. The van der Waals surface area contributed by atoms with E-state index in [1.807, 2.05) is 6.92 Å². The number of hydrogen-bond donors (Lipinski definition) is 2. The Kier molecular flexibility index (Phi) is 10.6. The summed E-state index contributed by atoms with van der Waals surface area (Å²) in [6, 6.07) is 10.6. The summed E-state index contributed by atoms with van der Waals surface area (Å²) >= 11 is 0. The zero-order valence-electron chi connectivity index (χ0n) is 23.0. The predicted octanol–water partition coefficient (Wildman–Crippen LogP) is 1.66. The van der Waals surface area contributed by atoms with Crippen LogP contribution in [0.15, 0.2) is 53.4 Å². The van der Waals surface area contributed by atoms with Crippen molar-refractivity contribution in [1.82, 2.24) is 9.62 Å². The van der Waals surface area contributed by atoms with E-state index in [-0.39, 0.29) is 30.7 Å². The van der Waals surface area contributed by atoms with Crippen molar-refractivity contribution in [2.24, 2.45) is 5.92 Å². The molecule has 2 aromatic carbocycles. The Balaban J connectivity index is 1.66. The van der Waals surface area contributed by atoms with Crippen LogP contribution >= 0.6 is 0 Å². The molecule has 1 aliphatic heterocycles. The third kappa shape index (κ3) is 7.93. The summed E-state index contributed by atoms with van der Waals surface area (Å²) in [7, 11) is -1.61. The third-order valence-electron chi connectivity index (χ3n) is 6.65. The van der Waals surface area contributed by atoms with Crippen LogP contribution in [0, 0.1) is 24.7 Å². The van der Waals surface area contributed by atoms with Gasteiger partial charge in [0.15, 0.2) is 5.92 Å². The molecule has 2 N–H and O–H groups in total. The summed E-state index contributed by atoms with van der Waals surface area (Å²) in [5.41, 5.74) is 2.05. The molecule has 41 heavy (non-hydrogen) atoms. The van der Waals surface area contributed by atoms with Crippen LogP contribution in [-0.2, 0) is 45.1 Å². The zero-order chi connectivity index (χ0) is 30.2. The van der Waals surface area contributed by atoms with Crippen LogP contribution in [0.1, 0.15) is 36.0 Å². The van der Waals surface area contributed by atoms with E-state index in [1.54, 1.807) is 36.4 Å². The first-order valence-corrected chi connectivity index (χ1v) is 14.3. The van der Waals surface area contributed by atoms with Crippen LogP contribution in [-0.4, -0.2) is 74.5 Å². The Morgan fingerprint density at radius 1 is 1.02 bits per heavy atom. The highest BCUT2D eigenvalue weighted by molar-refractivity contribution is 7.89. The molecule has 0 bridgehead atoms. The van der Waals surface area contributed by atoms with E-state index in [9.17, 15) is 32.7 Å². The molecule has 2 atom stereocenters. The SMILES string of the molecule is COC(=O)C(CC#Cc1ccc(CC(NC(=O)[C@@H]2CCCN2S(=O)(=O)c2ccc(C)cc2)C(=O)O)cc1)C(=O)OC. The zero-order valence-corrected chi connectivity index (χ0v) is 23.8. The van der Waals surface area contributed by atoms with Gasteiger partial charge in [-0.25, -0.2) is 13.2 Å². The van der Waals surface area contributed by atoms with E-state index in [1.165, 1.54) is 12.1 Å². The first kappa shape index (κ1) is 31.3. The van der Waals surface area contributed by atoms with Gasteiger partial charge < -0.3 is 19.9 Å². The molecule has 2 aromatic rings. The molecule has 0 spiro atoms. The average Bonchev–Trinajstić information content (AvgIpc) is 3.46. The maximum atomic E-state index is 13.2. The molecule has 0 aromatic heterocycles. The second kappa shape index (κ2) is 13.9. The van der Waals surface area contributed by atoms with Crippen molar-refractivity contribution in [3.63, 3.8) is 0 Å². The minimum Gasteiger partial charge on any atom is -0.480 e. The first-order valence-electron chi connectivity index (χ1n) is 12.8. The normalized spacial score (nSPS) is 15.9. The highest BCUT2D eigenvalue weighted by Gasteiger charge is 2.40. The number of carboxylic acid groups (broad SMARTS) is 1. The first-order chi connectivity index (χ1) is 19.5. The van der Waals surface area contributed by atoms with Gasteiger partial charge in [0.05, 0.1) is 19.1 Å². The smallest absolute Gasteiger partial charge is 0.326 e. The second-order valence-electron chi connectivity index (χ2n) is 9.49. The number of aryl methyl sites for hydroxylation is 1. The molecule has 0 saturated carbocycles. The number of esters is 2. The Morgan fingerprint density at radius 3 is 2.20 bits per heavy atom. The number of aliphatic carboxylic acids is 1. The van der Waals surface area contributed by atoms with Crippen LogP contribution in [0.4, 0.5) is 0 Å². The minimum atomic E-state index is -3.93. The van der Waals surface area contributed by atoms with Crippen molar-refractivity contribution >= 4 is 33.8 Å². The van der Waals surface area contributed by atoms with Crippen LogP contribution < -0.4 is 5.32 Å². The number of carbonyl (C=O) groups is 4. The Hall–Kier alpha value is -4.21. The molecular formula is C29H32N2O9S. The lowest BCUT2D eigenvalue weighted by Crippen LogP contribution is -2.51. The summed E-state index contributed by atoms with van der Waals surface area (Å²) in [5, 5.41) is 12.3. The highest BCUT2D eigenvalue weighted by atomic mass is 32.2. The summed E-state index contributed by atoms with van der Waals surface area (Å²) in [6.45, 7) is 2.00. The number of methoxy groups -OCH3 is 2. The van der Waals surface area contributed by atoms with Gasteiger partial charge in [0, 0.05) is 24.9 Å². The fourth-order valence-corrected chi connectivity index (χ4v) is 6.02. The van der Waals surface area contributed by atoms with Gasteiger partial charge in [-0.3, -0.25) is 14.4 Å². The van der Waals surface area contributed by atoms with E-state index in [0.29, 0.717) is 17.5 Å². The fourth-order valence-electron chi connectivity index (χ4n) is 4.37. The molecule has 0 aliphatic carbocycles. The van der Waals surface area contributed by atoms with Gasteiger partial charge in [-0.2, -0.15) is 4.31 Å². The van der Waals surface area contributed by atoms with E-state index >= 15 is 0 Å². The van der Waals surface area contributed by atoms with Gasteiger partial charge in [0.1, 0.15) is 12.1 Å². The quantitative estimate of drug-likeness (QED) is 0.241. The predicted molar refractivity (Wildman–Crippen MR) is 147 cm³/mol.